The first-order valence-electron chi connectivity index (χ1n) is 13.6. The average molecular weight is 542 g/mol. The molecule has 0 aliphatic rings. The van der Waals surface area contributed by atoms with Crippen LogP contribution in [0.1, 0.15) is 0 Å². The van der Waals surface area contributed by atoms with Gasteiger partial charge in [-0.1, -0.05) is 109 Å². The molecule has 0 saturated carbocycles. The van der Waals surface area contributed by atoms with Crippen molar-refractivity contribution in [2.45, 2.75) is 0 Å². The Morgan fingerprint density at radius 3 is 1.78 bits per heavy atom. The number of fused-ring (bicyclic) bond motifs is 4. The minimum Gasteiger partial charge on any atom is -0.246 e. The Bertz CT molecular complexity index is 2130. The molecule has 0 radical (unpaired) electrons. The average Bonchev–Trinajstić information content (AvgIpc) is 3.41. The lowest BCUT2D eigenvalue weighted by Gasteiger charge is -2.10. The van der Waals surface area contributed by atoms with E-state index in [1.165, 1.54) is 20.3 Å². The highest BCUT2D eigenvalue weighted by molar-refractivity contribution is 7.25. The van der Waals surface area contributed by atoms with Crippen LogP contribution in [0.2, 0.25) is 0 Å². The number of hydrogen-bond acceptors (Lipinski definition) is 4. The number of benzene rings is 5. The van der Waals surface area contributed by atoms with Crippen molar-refractivity contribution in [3.05, 3.63) is 140 Å². The normalized spacial score (nSPS) is 11.4. The summed E-state index contributed by atoms with van der Waals surface area (Å²) in [5.41, 5.74) is 9.38. The molecule has 3 heterocycles. The number of aromatic nitrogens is 3. The number of thiophene rings is 1. The Labute approximate surface area is 241 Å². The summed E-state index contributed by atoms with van der Waals surface area (Å²) in [6.45, 7) is 0. The van der Waals surface area contributed by atoms with E-state index in [9.17, 15) is 0 Å². The van der Waals surface area contributed by atoms with Crippen LogP contribution in [-0.4, -0.2) is 15.0 Å². The summed E-state index contributed by atoms with van der Waals surface area (Å²) in [5.74, 6) is 0.723. The van der Waals surface area contributed by atoms with E-state index in [1.807, 2.05) is 36.4 Å². The van der Waals surface area contributed by atoms with Crippen molar-refractivity contribution < 1.29 is 0 Å². The minimum absolute atomic E-state index is 0.723. The predicted molar refractivity (Wildman–Crippen MR) is 172 cm³/mol. The molecule has 0 fully saturated rings. The standard InChI is InChI=1S/C37H23N3S/c1-3-9-25(10-4-1)32-23-33(40-37(39-32)27-11-5-2-6-12-27)26-17-15-24(16-18-26)28-19-20-31-29(21-28)22-35-36(38-31)30-13-7-8-14-34(30)41-35/h1-23H. The van der Waals surface area contributed by atoms with Gasteiger partial charge < -0.3 is 0 Å². The molecule has 0 aliphatic carbocycles. The van der Waals surface area contributed by atoms with Gasteiger partial charge >= 0.3 is 0 Å². The lowest BCUT2D eigenvalue weighted by atomic mass is 10.00. The molecule has 0 unspecified atom stereocenters. The van der Waals surface area contributed by atoms with Crippen molar-refractivity contribution in [1.29, 1.82) is 0 Å². The fraction of sp³-hybridized carbons (Fsp3) is 0. The molecule has 0 bridgehead atoms. The quantitative estimate of drug-likeness (QED) is 0.222. The zero-order chi connectivity index (χ0) is 27.2. The summed E-state index contributed by atoms with van der Waals surface area (Å²) in [4.78, 5) is 14.9. The molecule has 0 aliphatic heterocycles. The van der Waals surface area contributed by atoms with Crippen LogP contribution in [0, 0.1) is 0 Å². The predicted octanol–water partition coefficient (Wildman–Crippen LogP) is 10.1. The first-order valence-corrected chi connectivity index (χ1v) is 14.4. The first kappa shape index (κ1) is 23.7. The molecule has 0 spiro atoms. The molecule has 0 saturated heterocycles. The third kappa shape index (κ3) is 4.35. The molecular weight excluding hydrogens is 518 g/mol. The summed E-state index contributed by atoms with van der Waals surface area (Å²) in [6.07, 6.45) is 0. The van der Waals surface area contributed by atoms with E-state index >= 15 is 0 Å². The van der Waals surface area contributed by atoms with E-state index in [4.69, 9.17) is 15.0 Å². The summed E-state index contributed by atoms with van der Waals surface area (Å²) in [6, 6.07) is 48.5. The first-order chi connectivity index (χ1) is 20.3. The molecule has 41 heavy (non-hydrogen) atoms. The molecule has 0 N–H and O–H groups in total. The van der Waals surface area contributed by atoms with Crippen molar-refractivity contribution in [1.82, 2.24) is 15.0 Å². The number of hydrogen-bond donors (Lipinski definition) is 0. The number of nitrogens with zero attached hydrogens (tertiary/aromatic N) is 3. The lowest BCUT2D eigenvalue weighted by Crippen LogP contribution is -1.95. The van der Waals surface area contributed by atoms with Gasteiger partial charge in [0.15, 0.2) is 5.82 Å². The maximum atomic E-state index is 5.02. The molecule has 3 aromatic heterocycles. The third-order valence-electron chi connectivity index (χ3n) is 7.48. The SMILES string of the molecule is c1ccc(-c2cc(-c3ccc(-c4ccc5nc6c(cc5c4)sc4ccccc46)cc3)nc(-c3ccccc3)n2)cc1. The lowest BCUT2D eigenvalue weighted by molar-refractivity contribution is 1.18. The van der Waals surface area contributed by atoms with E-state index < -0.39 is 0 Å². The summed E-state index contributed by atoms with van der Waals surface area (Å²) in [7, 11) is 0. The Morgan fingerprint density at radius 2 is 1.02 bits per heavy atom. The zero-order valence-electron chi connectivity index (χ0n) is 22.0. The van der Waals surface area contributed by atoms with Crippen LogP contribution in [0.25, 0.3) is 76.2 Å². The van der Waals surface area contributed by atoms with Crippen LogP contribution in [-0.2, 0) is 0 Å². The fourth-order valence-corrected chi connectivity index (χ4v) is 6.48. The highest BCUT2D eigenvalue weighted by atomic mass is 32.1. The van der Waals surface area contributed by atoms with Gasteiger partial charge in [-0.3, -0.25) is 0 Å². The van der Waals surface area contributed by atoms with Gasteiger partial charge in [-0.25, -0.2) is 15.0 Å². The number of pyridine rings is 1. The van der Waals surface area contributed by atoms with Crippen LogP contribution in [0.15, 0.2) is 140 Å². The van der Waals surface area contributed by atoms with Gasteiger partial charge in [0.05, 0.1) is 27.1 Å². The largest absolute Gasteiger partial charge is 0.246 e. The third-order valence-corrected chi connectivity index (χ3v) is 8.59. The highest BCUT2D eigenvalue weighted by Crippen LogP contribution is 2.36. The van der Waals surface area contributed by atoms with Crippen molar-refractivity contribution >= 4 is 42.5 Å². The van der Waals surface area contributed by atoms with E-state index in [0.717, 1.165) is 55.9 Å². The van der Waals surface area contributed by atoms with E-state index in [1.54, 1.807) is 11.3 Å². The molecule has 8 aromatic rings. The van der Waals surface area contributed by atoms with Gasteiger partial charge in [-0.15, -0.1) is 11.3 Å². The molecular formula is C37H23N3S. The van der Waals surface area contributed by atoms with Crippen LogP contribution >= 0.6 is 11.3 Å². The molecule has 5 aromatic carbocycles. The molecule has 192 valence electrons. The maximum absolute atomic E-state index is 5.02. The molecule has 4 heteroatoms. The molecule has 3 nitrogen and oxygen atoms in total. The van der Waals surface area contributed by atoms with Crippen molar-refractivity contribution in [3.8, 4) is 45.0 Å². The second kappa shape index (κ2) is 9.77. The maximum Gasteiger partial charge on any atom is 0.160 e. The smallest absolute Gasteiger partial charge is 0.160 e. The van der Waals surface area contributed by atoms with Crippen LogP contribution < -0.4 is 0 Å². The van der Waals surface area contributed by atoms with E-state index in [0.29, 0.717) is 0 Å². The second-order valence-electron chi connectivity index (χ2n) is 10.1. The van der Waals surface area contributed by atoms with Crippen molar-refractivity contribution in [3.63, 3.8) is 0 Å². The Balaban J connectivity index is 1.18. The van der Waals surface area contributed by atoms with E-state index in [2.05, 4.69) is 103 Å². The van der Waals surface area contributed by atoms with Gasteiger partial charge in [-0.2, -0.15) is 0 Å². The number of rotatable bonds is 4. The topological polar surface area (TPSA) is 38.7 Å². The monoisotopic (exact) mass is 541 g/mol. The van der Waals surface area contributed by atoms with Crippen LogP contribution in [0.5, 0.6) is 0 Å². The van der Waals surface area contributed by atoms with Crippen LogP contribution in [0.3, 0.4) is 0 Å². The minimum atomic E-state index is 0.723. The van der Waals surface area contributed by atoms with Crippen LogP contribution in [0.4, 0.5) is 0 Å². The molecule has 0 atom stereocenters. The van der Waals surface area contributed by atoms with Gasteiger partial charge in [0, 0.05) is 32.2 Å². The van der Waals surface area contributed by atoms with Crippen molar-refractivity contribution in [2.24, 2.45) is 0 Å². The summed E-state index contributed by atoms with van der Waals surface area (Å²) >= 11 is 1.80. The second-order valence-corrected chi connectivity index (χ2v) is 11.2. The molecule has 0 amide bonds. The van der Waals surface area contributed by atoms with Gasteiger partial charge in [0.1, 0.15) is 0 Å². The van der Waals surface area contributed by atoms with Gasteiger partial charge in [-0.05, 0) is 41.5 Å². The summed E-state index contributed by atoms with van der Waals surface area (Å²) < 4.78 is 2.50. The Kier molecular flexibility index (Phi) is 5.64. The Morgan fingerprint density at radius 1 is 0.415 bits per heavy atom. The van der Waals surface area contributed by atoms with Gasteiger partial charge in [0.2, 0.25) is 0 Å². The van der Waals surface area contributed by atoms with E-state index in [-0.39, 0.29) is 0 Å². The zero-order valence-corrected chi connectivity index (χ0v) is 22.8. The highest BCUT2D eigenvalue weighted by Gasteiger charge is 2.12. The Hall–Kier alpha value is -5.19. The molecule has 8 rings (SSSR count). The van der Waals surface area contributed by atoms with Gasteiger partial charge in [0.25, 0.3) is 0 Å². The summed E-state index contributed by atoms with van der Waals surface area (Å²) in [5, 5.41) is 2.38. The fourth-order valence-electron chi connectivity index (χ4n) is 5.38. The van der Waals surface area contributed by atoms with Crippen molar-refractivity contribution in [2.75, 3.05) is 0 Å².